The van der Waals surface area contributed by atoms with Gasteiger partial charge < -0.3 is 4.42 Å². The minimum absolute atomic E-state index is 0. The third-order valence-corrected chi connectivity index (χ3v) is 16.5. The van der Waals surface area contributed by atoms with Crippen molar-refractivity contribution in [2.24, 2.45) is 0 Å². The van der Waals surface area contributed by atoms with Crippen LogP contribution in [0.15, 0.2) is 265 Å². The van der Waals surface area contributed by atoms with Gasteiger partial charge in [-0.25, -0.2) is 15.0 Å². The predicted molar refractivity (Wildman–Crippen MR) is 317 cm³/mol. The van der Waals surface area contributed by atoms with Crippen molar-refractivity contribution >= 4 is 53.4 Å². The molecular formula is C71H47N3OS. The van der Waals surface area contributed by atoms with E-state index in [1.165, 1.54) is 54.4 Å². The highest BCUT2D eigenvalue weighted by atomic mass is 32.1. The van der Waals surface area contributed by atoms with Crippen LogP contribution < -0.4 is 0 Å². The minimum Gasteiger partial charge on any atom is -0.456 e. The molecule has 0 fully saturated rings. The van der Waals surface area contributed by atoms with E-state index in [4.69, 9.17) is 19.4 Å². The Morgan fingerprint density at radius 3 is 1.66 bits per heavy atom. The van der Waals surface area contributed by atoms with E-state index in [0.717, 1.165) is 71.1 Å². The number of rotatable bonds is 8. The zero-order valence-corrected chi connectivity index (χ0v) is 41.3. The number of thiophene rings is 1. The molecule has 0 aliphatic heterocycles. The second kappa shape index (κ2) is 18.1. The van der Waals surface area contributed by atoms with E-state index < -0.39 is 5.41 Å². The summed E-state index contributed by atoms with van der Waals surface area (Å²) in [4.78, 5) is 16.0. The molecule has 3 heterocycles. The lowest BCUT2D eigenvalue weighted by molar-refractivity contribution is 0.669. The van der Waals surface area contributed by atoms with Crippen molar-refractivity contribution in [2.45, 2.75) is 12.8 Å². The maximum atomic E-state index is 6.68. The average Bonchev–Trinajstić information content (AvgIpc) is 4.26. The molecule has 14 aromatic rings. The number of nitrogens with zero attached hydrogens (tertiary/aromatic N) is 3. The summed E-state index contributed by atoms with van der Waals surface area (Å²) in [5, 5.41) is 4.38. The molecule has 0 saturated carbocycles. The Labute approximate surface area is 444 Å². The Balaban J connectivity index is 0.00000528. The van der Waals surface area contributed by atoms with Gasteiger partial charge in [0.05, 0.1) is 5.41 Å². The van der Waals surface area contributed by atoms with Crippen LogP contribution in [0.25, 0.3) is 121 Å². The SMILES string of the molecule is C.c1ccc(-c2ccc(-c3nc(-c4cccc5c4sc4ccccc45)nc(-c4cccc5oc6ccc(-c7cccc(-c8cccc9c8-c8ccccc8C9(c8ccccc8)c8ccccc8)c7)cc6c45)n3)cc2)cc1. The lowest BCUT2D eigenvalue weighted by Crippen LogP contribution is -2.28. The molecule has 0 spiro atoms. The van der Waals surface area contributed by atoms with Gasteiger partial charge in [-0.05, 0) is 103 Å². The van der Waals surface area contributed by atoms with Gasteiger partial charge in [-0.15, -0.1) is 11.3 Å². The fourth-order valence-electron chi connectivity index (χ4n) is 11.9. The lowest BCUT2D eigenvalue weighted by Gasteiger charge is -2.34. The van der Waals surface area contributed by atoms with Crippen molar-refractivity contribution in [2.75, 3.05) is 0 Å². The highest BCUT2D eigenvalue weighted by Crippen LogP contribution is 2.58. The lowest BCUT2D eigenvalue weighted by atomic mass is 9.67. The topological polar surface area (TPSA) is 51.8 Å². The molecule has 0 radical (unpaired) electrons. The summed E-state index contributed by atoms with van der Waals surface area (Å²) in [7, 11) is 0. The summed E-state index contributed by atoms with van der Waals surface area (Å²) in [5.74, 6) is 1.82. The highest BCUT2D eigenvalue weighted by molar-refractivity contribution is 7.26. The Hall–Kier alpha value is -9.55. The van der Waals surface area contributed by atoms with Crippen molar-refractivity contribution in [3.05, 3.63) is 283 Å². The Bertz CT molecular complexity index is 4480. The van der Waals surface area contributed by atoms with Crippen LogP contribution >= 0.6 is 11.3 Å². The molecule has 0 saturated heterocycles. The monoisotopic (exact) mass is 989 g/mol. The quantitative estimate of drug-likeness (QED) is 0.152. The average molecular weight is 990 g/mol. The smallest absolute Gasteiger partial charge is 0.165 e. The van der Waals surface area contributed by atoms with Crippen molar-refractivity contribution in [3.63, 3.8) is 0 Å². The van der Waals surface area contributed by atoms with Gasteiger partial charge in [-0.1, -0.05) is 232 Å². The summed E-state index contributed by atoms with van der Waals surface area (Å²) in [5.41, 5.74) is 18.3. The van der Waals surface area contributed by atoms with Gasteiger partial charge in [0.2, 0.25) is 0 Å². The fourth-order valence-corrected chi connectivity index (χ4v) is 13.1. The van der Waals surface area contributed by atoms with Gasteiger partial charge in [0.1, 0.15) is 11.2 Å². The van der Waals surface area contributed by atoms with E-state index in [1.807, 2.05) is 18.2 Å². The molecule has 0 N–H and O–H groups in total. The summed E-state index contributed by atoms with van der Waals surface area (Å²) >= 11 is 1.78. The summed E-state index contributed by atoms with van der Waals surface area (Å²) in [6.07, 6.45) is 0. The molecule has 1 aliphatic carbocycles. The first-order valence-corrected chi connectivity index (χ1v) is 26.2. The number of aromatic nitrogens is 3. The highest BCUT2D eigenvalue weighted by Gasteiger charge is 2.46. The molecule has 0 atom stereocenters. The van der Waals surface area contributed by atoms with Gasteiger partial charge in [0, 0.05) is 47.6 Å². The molecule has 4 nitrogen and oxygen atoms in total. The van der Waals surface area contributed by atoms with Crippen molar-refractivity contribution < 1.29 is 4.42 Å². The van der Waals surface area contributed by atoms with Crippen molar-refractivity contribution in [3.8, 4) is 78.7 Å². The number of furan rings is 1. The first kappa shape index (κ1) is 45.1. The summed E-state index contributed by atoms with van der Waals surface area (Å²) < 4.78 is 9.06. The number of hydrogen-bond donors (Lipinski definition) is 0. The Morgan fingerprint density at radius 2 is 0.855 bits per heavy atom. The fraction of sp³-hybridized carbons (Fsp3) is 0.0282. The molecular weight excluding hydrogens is 943 g/mol. The van der Waals surface area contributed by atoms with Gasteiger partial charge in [-0.3, -0.25) is 0 Å². The molecule has 5 heteroatoms. The van der Waals surface area contributed by atoms with Gasteiger partial charge in [0.25, 0.3) is 0 Å². The molecule has 15 rings (SSSR count). The molecule has 1 aliphatic rings. The molecule has 3 aromatic heterocycles. The molecule has 0 unspecified atom stereocenters. The van der Waals surface area contributed by atoms with E-state index in [2.05, 4.69) is 243 Å². The standard InChI is InChI=1S/C70H43N3OS.CH4/c1-4-18-44(19-5-1)45-36-38-46(39-37-45)67-71-68(73-69(72-67)57-31-15-29-54-53-26-11-13-35-63(53)75-66(54)57)56-30-17-34-62-65(56)58-43-48(40-41-61(58)74-62)47-20-14-21-49(42-47)52-28-16-33-60-64(52)55-27-10-12-32-59(55)70(60,50-22-6-2-7-23-50)51-24-8-3-9-25-51;/h1-43H;1H4. The van der Waals surface area contributed by atoms with Crippen molar-refractivity contribution in [1.82, 2.24) is 15.0 Å². The number of fused-ring (bicyclic) bond motifs is 9. The summed E-state index contributed by atoms with van der Waals surface area (Å²) in [6.45, 7) is 0. The van der Waals surface area contributed by atoms with Gasteiger partial charge >= 0.3 is 0 Å². The molecule has 358 valence electrons. The maximum absolute atomic E-state index is 6.68. The third-order valence-electron chi connectivity index (χ3n) is 15.3. The molecule has 76 heavy (non-hydrogen) atoms. The second-order valence-electron chi connectivity index (χ2n) is 19.4. The minimum atomic E-state index is -0.480. The van der Waals surface area contributed by atoms with Crippen LogP contribution in [0.2, 0.25) is 0 Å². The van der Waals surface area contributed by atoms with Crippen molar-refractivity contribution in [1.29, 1.82) is 0 Å². The van der Waals surface area contributed by atoms with E-state index >= 15 is 0 Å². The Kier molecular flexibility index (Phi) is 10.8. The summed E-state index contributed by atoms with van der Waals surface area (Å²) in [6, 6.07) is 93.6. The van der Waals surface area contributed by atoms with Crippen LogP contribution in [0.5, 0.6) is 0 Å². The first-order valence-electron chi connectivity index (χ1n) is 25.4. The largest absolute Gasteiger partial charge is 0.456 e. The second-order valence-corrected chi connectivity index (χ2v) is 20.4. The van der Waals surface area contributed by atoms with Crippen LogP contribution in [0.3, 0.4) is 0 Å². The van der Waals surface area contributed by atoms with Crippen LogP contribution in [0.4, 0.5) is 0 Å². The maximum Gasteiger partial charge on any atom is 0.165 e. The van der Waals surface area contributed by atoms with Gasteiger partial charge in [0.15, 0.2) is 17.5 Å². The molecule has 0 bridgehead atoms. The Morgan fingerprint density at radius 1 is 0.329 bits per heavy atom. The van der Waals surface area contributed by atoms with Gasteiger partial charge in [-0.2, -0.15) is 0 Å². The van der Waals surface area contributed by atoms with Crippen LogP contribution in [0.1, 0.15) is 29.7 Å². The predicted octanol–water partition coefficient (Wildman–Crippen LogP) is 19.1. The van der Waals surface area contributed by atoms with E-state index in [-0.39, 0.29) is 7.43 Å². The van der Waals surface area contributed by atoms with E-state index in [0.29, 0.717) is 17.5 Å². The first-order chi connectivity index (χ1) is 37.2. The molecule has 11 aromatic carbocycles. The number of benzene rings is 11. The normalized spacial score (nSPS) is 12.5. The zero-order chi connectivity index (χ0) is 49.5. The third kappa shape index (κ3) is 7.08. The van der Waals surface area contributed by atoms with E-state index in [9.17, 15) is 0 Å². The van der Waals surface area contributed by atoms with Crippen LogP contribution in [0, 0.1) is 0 Å². The van der Waals surface area contributed by atoms with E-state index in [1.54, 1.807) is 11.3 Å². The zero-order valence-electron chi connectivity index (χ0n) is 40.5. The molecule has 0 amide bonds. The number of hydrogen-bond acceptors (Lipinski definition) is 5. The van der Waals surface area contributed by atoms with Crippen LogP contribution in [-0.4, -0.2) is 15.0 Å². The van der Waals surface area contributed by atoms with Crippen LogP contribution in [-0.2, 0) is 5.41 Å².